The van der Waals surface area contributed by atoms with Gasteiger partial charge in [-0.15, -0.1) is 0 Å². The molecule has 0 saturated carbocycles. The lowest BCUT2D eigenvalue weighted by molar-refractivity contribution is 0.341. The molecule has 2 nitrogen and oxygen atoms in total. The summed E-state index contributed by atoms with van der Waals surface area (Å²) in [6.45, 7) is 4.73. The van der Waals surface area contributed by atoms with Gasteiger partial charge in [-0.3, -0.25) is 0 Å². The number of nitrogens with one attached hydrogen (secondary N) is 1. The van der Waals surface area contributed by atoms with Crippen LogP contribution in [0.5, 0.6) is 5.75 Å². The third kappa shape index (κ3) is 3.14. The lowest BCUT2D eigenvalue weighted by Gasteiger charge is -2.15. The van der Waals surface area contributed by atoms with Crippen molar-refractivity contribution in [1.29, 1.82) is 0 Å². The van der Waals surface area contributed by atoms with Crippen LogP contribution in [0, 0.1) is 0 Å². The standard InChI is InChI=1S/C17H20ClNO/c1-4-20-17-8-6-5-7-15(17)13-9-10-14(12(2)19-3)16(18)11-13/h5-12,19H,4H2,1-3H3. The number of hydrogen-bond acceptors (Lipinski definition) is 2. The van der Waals surface area contributed by atoms with Crippen LogP contribution in [-0.2, 0) is 0 Å². The third-order valence-electron chi connectivity index (χ3n) is 3.40. The Morgan fingerprint density at radius 1 is 1.20 bits per heavy atom. The van der Waals surface area contributed by atoms with Gasteiger partial charge in [0.25, 0.3) is 0 Å². The minimum Gasteiger partial charge on any atom is -0.493 e. The molecule has 20 heavy (non-hydrogen) atoms. The summed E-state index contributed by atoms with van der Waals surface area (Å²) >= 11 is 6.40. The minimum absolute atomic E-state index is 0.235. The Kier molecular flexibility index (Phi) is 5.05. The molecule has 1 atom stereocenters. The van der Waals surface area contributed by atoms with Gasteiger partial charge >= 0.3 is 0 Å². The smallest absolute Gasteiger partial charge is 0.127 e. The van der Waals surface area contributed by atoms with Gasteiger partial charge in [-0.1, -0.05) is 41.9 Å². The van der Waals surface area contributed by atoms with Crippen LogP contribution in [0.4, 0.5) is 0 Å². The fourth-order valence-electron chi connectivity index (χ4n) is 2.19. The molecule has 0 aromatic heterocycles. The first-order valence-electron chi connectivity index (χ1n) is 6.86. The van der Waals surface area contributed by atoms with Gasteiger partial charge in [-0.05, 0) is 44.2 Å². The van der Waals surface area contributed by atoms with Crippen molar-refractivity contribution in [1.82, 2.24) is 5.32 Å². The molecule has 1 N–H and O–H groups in total. The molecule has 2 aromatic carbocycles. The van der Waals surface area contributed by atoms with E-state index in [-0.39, 0.29) is 6.04 Å². The number of halogens is 1. The summed E-state index contributed by atoms with van der Waals surface area (Å²) in [6, 6.07) is 14.4. The van der Waals surface area contributed by atoms with E-state index < -0.39 is 0 Å². The first-order chi connectivity index (χ1) is 9.67. The quantitative estimate of drug-likeness (QED) is 0.862. The largest absolute Gasteiger partial charge is 0.493 e. The second-order valence-corrected chi connectivity index (χ2v) is 5.08. The molecular formula is C17H20ClNO. The fourth-order valence-corrected chi connectivity index (χ4v) is 2.53. The van der Waals surface area contributed by atoms with Crippen LogP contribution in [-0.4, -0.2) is 13.7 Å². The van der Waals surface area contributed by atoms with Gasteiger partial charge in [0.2, 0.25) is 0 Å². The number of benzene rings is 2. The van der Waals surface area contributed by atoms with Crippen molar-refractivity contribution in [2.75, 3.05) is 13.7 Å². The molecule has 0 bridgehead atoms. The van der Waals surface area contributed by atoms with Crippen molar-refractivity contribution in [3.63, 3.8) is 0 Å². The second-order valence-electron chi connectivity index (χ2n) is 4.68. The number of ether oxygens (including phenoxy) is 1. The summed E-state index contributed by atoms with van der Waals surface area (Å²) < 4.78 is 5.67. The molecule has 0 fully saturated rings. The second kappa shape index (κ2) is 6.78. The van der Waals surface area contributed by atoms with Crippen molar-refractivity contribution in [3.8, 4) is 16.9 Å². The fraction of sp³-hybridized carbons (Fsp3) is 0.294. The Morgan fingerprint density at radius 2 is 1.95 bits per heavy atom. The summed E-state index contributed by atoms with van der Waals surface area (Å²) in [5.74, 6) is 0.889. The Bertz CT molecular complexity index is 583. The number of rotatable bonds is 5. The van der Waals surface area contributed by atoms with E-state index in [0.717, 1.165) is 27.5 Å². The van der Waals surface area contributed by atoms with E-state index in [4.69, 9.17) is 16.3 Å². The van der Waals surface area contributed by atoms with Crippen molar-refractivity contribution in [3.05, 3.63) is 53.1 Å². The lowest BCUT2D eigenvalue weighted by Crippen LogP contribution is -2.12. The Balaban J connectivity index is 2.42. The highest BCUT2D eigenvalue weighted by atomic mass is 35.5. The van der Waals surface area contributed by atoms with Gasteiger partial charge in [0, 0.05) is 16.6 Å². The van der Waals surface area contributed by atoms with E-state index in [1.54, 1.807) is 0 Å². The maximum absolute atomic E-state index is 6.40. The van der Waals surface area contributed by atoms with Gasteiger partial charge < -0.3 is 10.1 Å². The van der Waals surface area contributed by atoms with Crippen molar-refractivity contribution < 1.29 is 4.74 Å². The van der Waals surface area contributed by atoms with Crippen LogP contribution in [0.1, 0.15) is 25.5 Å². The SMILES string of the molecule is CCOc1ccccc1-c1ccc(C(C)NC)c(Cl)c1. The molecule has 0 amide bonds. The molecule has 0 saturated heterocycles. The Labute approximate surface area is 125 Å². The van der Waals surface area contributed by atoms with Crippen molar-refractivity contribution in [2.45, 2.75) is 19.9 Å². The van der Waals surface area contributed by atoms with Gasteiger partial charge in [-0.25, -0.2) is 0 Å². The molecule has 106 valence electrons. The summed E-state index contributed by atoms with van der Waals surface area (Å²) in [5.41, 5.74) is 3.25. The van der Waals surface area contributed by atoms with Crippen LogP contribution in [0.2, 0.25) is 5.02 Å². The number of para-hydroxylation sites is 1. The maximum atomic E-state index is 6.40. The van der Waals surface area contributed by atoms with Gasteiger partial charge in [0.05, 0.1) is 6.61 Å². The predicted octanol–water partition coefficient (Wildman–Crippen LogP) is 4.69. The molecule has 2 rings (SSSR count). The summed E-state index contributed by atoms with van der Waals surface area (Å²) in [4.78, 5) is 0. The summed E-state index contributed by atoms with van der Waals surface area (Å²) in [5, 5.41) is 3.98. The zero-order valence-electron chi connectivity index (χ0n) is 12.1. The molecule has 0 aliphatic rings. The Morgan fingerprint density at radius 3 is 2.60 bits per heavy atom. The first kappa shape index (κ1) is 14.9. The topological polar surface area (TPSA) is 21.3 Å². The van der Waals surface area contributed by atoms with Crippen molar-refractivity contribution >= 4 is 11.6 Å². The molecule has 1 unspecified atom stereocenters. The van der Waals surface area contributed by atoms with Crippen LogP contribution in [0.25, 0.3) is 11.1 Å². The maximum Gasteiger partial charge on any atom is 0.127 e. The van der Waals surface area contributed by atoms with E-state index in [0.29, 0.717) is 6.61 Å². The van der Waals surface area contributed by atoms with E-state index in [1.807, 2.05) is 38.2 Å². The predicted molar refractivity (Wildman–Crippen MR) is 85.5 cm³/mol. The summed E-state index contributed by atoms with van der Waals surface area (Å²) in [7, 11) is 1.93. The summed E-state index contributed by atoms with van der Waals surface area (Å²) in [6.07, 6.45) is 0. The molecule has 0 spiro atoms. The van der Waals surface area contributed by atoms with Crippen LogP contribution in [0.3, 0.4) is 0 Å². The molecule has 3 heteroatoms. The van der Waals surface area contributed by atoms with Gasteiger partial charge in [0.1, 0.15) is 5.75 Å². The monoisotopic (exact) mass is 289 g/mol. The average Bonchev–Trinajstić information content (AvgIpc) is 2.47. The number of hydrogen-bond donors (Lipinski definition) is 1. The minimum atomic E-state index is 0.235. The average molecular weight is 290 g/mol. The normalized spacial score (nSPS) is 12.2. The molecule has 0 aliphatic heterocycles. The highest BCUT2D eigenvalue weighted by Crippen LogP contribution is 2.33. The van der Waals surface area contributed by atoms with E-state index >= 15 is 0 Å². The van der Waals surface area contributed by atoms with E-state index in [9.17, 15) is 0 Å². The van der Waals surface area contributed by atoms with Crippen molar-refractivity contribution in [2.24, 2.45) is 0 Å². The van der Waals surface area contributed by atoms with Crippen LogP contribution < -0.4 is 10.1 Å². The first-order valence-corrected chi connectivity index (χ1v) is 7.24. The highest BCUT2D eigenvalue weighted by molar-refractivity contribution is 6.31. The van der Waals surface area contributed by atoms with E-state index in [1.165, 1.54) is 0 Å². The highest BCUT2D eigenvalue weighted by Gasteiger charge is 2.11. The van der Waals surface area contributed by atoms with Gasteiger partial charge in [0.15, 0.2) is 0 Å². The molecule has 0 aliphatic carbocycles. The zero-order chi connectivity index (χ0) is 14.5. The molecule has 2 aromatic rings. The van der Waals surface area contributed by atoms with Crippen LogP contribution >= 0.6 is 11.6 Å². The Hall–Kier alpha value is -1.51. The molecule has 0 radical (unpaired) electrons. The molecular weight excluding hydrogens is 270 g/mol. The van der Waals surface area contributed by atoms with E-state index in [2.05, 4.69) is 30.4 Å². The lowest BCUT2D eigenvalue weighted by atomic mass is 10.0. The van der Waals surface area contributed by atoms with Crippen LogP contribution in [0.15, 0.2) is 42.5 Å². The third-order valence-corrected chi connectivity index (χ3v) is 3.73. The zero-order valence-corrected chi connectivity index (χ0v) is 12.9. The van der Waals surface area contributed by atoms with Gasteiger partial charge in [-0.2, -0.15) is 0 Å². The molecule has 0 heterocycles.